The van der Waals surface area contributed by atoms with Crippen molar-refractivity contribution in [1.82, 2.24) is 4.72 Å². The molecule has 0 unspecified atom stereocenters. The van der Waals surface area contributed by atoms with Gasteiger partial charge in [-0.05, 0) is 31.0 Å². The highest BCUT2D eigenvalue weighted by Crippen LogP contribution is 2.15. The Morgan fingerprint density at radius 1 is 1.20 bits per heavy atom. The molecule has 0 saturated heterocycles. The van der Waals surface area contributed by atoms with Crippen molar-refractivity contribution in [2.75, 3.05) is 19.8 Å². The molecule has 0 aliphatic carbocycles. The van der Waals surface area contributed by atoms with Gasteiger partial charge in [0.15, 0.2) is 0 Å². The maximum absolute atomic E-state index is 13.4. The highest BCUT2D eigenvalue weighted by Gasteiger charge is 2.19. The Bertz CT molecular complexity index is 520. The van der Waals surface area contributed by atoms with Gasteiger partial charge in [0.25, 0.3) is 0 Å². The molecule has 0 aliphatic heterocycles. The van der Waals surface area contributed by atoms with E-state index in [1.54, 1.807) is 0 Å². The third kappa shape index (κ3) is 5.52. The van der Waals surface area contributed by atoms with Gasteiger partial charge in [0.2, 0.25) is 10.0 Å². The summed E-state index contributed by atoms with van der Waals surface area (Å²) in [6.45, 7) is 3.23. The first-order valence-electron chi connectivity index (χ1n) is 6.50. The van der Waals surface area contributed by atoms with E-state index in [2.05, 4.69) is 4.72 Å². The van der Waals surface area contributed by atoms with E-state index in [0.717, 1.165) is 25.0 Å². The predicted molar refractivity (Wildman–Crippen MR) is 71.9 cm³/mol. The summed E-state index contributed by atoms with van der Waals surface area (Å²) >= 11 is 0. The first-order chi connectivity index (χ1) is 9.47. The second kappa shape index (κ2) is 8.28. The lowest BCUT2D eigenvalue weighted by Gasteiger charge is -2.08. The molecule has 20 heavy (non-hydrogen) atoms. The summed E-state index contributed by atoms with van der Waals surface area (Å²) in [7, 11) is -4.03. The van der Waals surface area contributed by atoms with Gasteiger partial charge >= 0.3 is 0 Å². The van der Waals surface area contributed by atoms with Crippen LogP contribution in [0.2, 0.25) is 0 Å². The highest BCUT2D eigenvalue weighted by atomic mass is 32.2. The van der Waals surface area contributed by atoms with E-state index < -0.39 is 26.6 Å². The fourth-order valence-electron chi connectivity index (χ4n) is 1.49. The lowest BCUT2D eigenvalue weighted by molar-refractivity contribution is 0.130. The first kappa shape index (κ1) is 17.0. The molecule has 0 heterocycles. The quantitative estimate of drug-likeness (QED) is 0.713. The van der Waals surface area contributed by atoms with Gasteiger partial charge in [0.05, 0.1) is 0 Å². The van der Waals surface area contributed by atoms with E-state index in [4.69, 9.17) is 4.74 Å². The summed E-state index contributed by atoms with van der Waals surface area (Å²) in [6, 6.07) is 2.32. The minimum absolute atomic E-state index is 0.115. The zero-order valence-electron chi connectivity index (χ0n) is 11.4. The van der Waals surface area contributed by atoms with Crippen LogP contribution >= 0.6 is 0 Å². The smallest absolute Gasteiger partial charge is 0.243 e. The normalized spacial score (nSPS) is 11.8. The van der Waals surface area contributed by atoms with E-state index >= 15 is 0 Å². The minimum Gasteiger partial charge on any atom is -0.381 e. The summed E-state index contributed by atoms with van der Waals surface area (Å²) in [6.07, 6.45) is 2.46. The van der Waals surface area contributed by atoms with Crippen molar-refractivity contribution < 1.29 is 21.9 Å². The Morgan fingerprint density at radius 2 is 1.90 bits per heavy atom. The number of hydrogen-bond donors (Lipinski definition) is 1. The summed E-state index contributed by atoms with van der Waals surface area (Å²) < 4.78 is 57.4. The molecule has 4 nitrogen and oxygen atoms in total. The molecule has 0 spiro atoms. The summed E-state index contributed by atoms with van der Waals surface area (Å²) in [5.74, 6) is -1.77. The molecule has 0 fully saturated rings. The van der Waals surface area contributed by atoms with Crippen molar-refractivity contribution in [2.24, 2.45) is 0 Å². The molecular weight excluding hydrogens is 288 g/mol. The van der Waals surface area contributed by atoms with E-state index in [0.29, 0.717) is 25.7 Å². The van der Waals surface area contributed by atoms with Crippen LogP contribution in [-0.2, 0) is 14.8 Å². The number of rotatable bonds is 9. The Hall–Kier alpha value is -1.05. The van der Waals surface area contributed by atoms with Crippen LogP contribution in [-0.4, -0.2) is 28.2 Å². The van der Waals surface area contributed by atoms with Crippen LogP contribution in [0, 0.1) is 11.6 Å². The van der Waals surface area contributed by atoms with Gasteiger partial charge in [0.1, 0.15) is 16.5 Å². The van der Waals surface area contributed by atoms with Crippen LogP contribution in [0.1, 0.15) is 26.2 Å². The van der Waals surface area contributed by atoms with E-state index in [1.165, 1.54) is 0 Å². The van der Waals surface area contributed by atoms with Crippen LogP contribution in [0.25, 0.3) is 0 Å². The molecule has 114 valence electrons. The molecule has 1 N–H and O–H groups in total. The topological polar surface area (TPSA) is 55.4 Å². The summed E-state index contributed by atoms with van der Waals surface area (Å²) in [5.41, 5.74) is 0. The third-order valence-corrected chi connectivity index (χ3v) is 4.06. The Labute approximate surface area is 118 Å². The molecular formula is C13H19F2NO3S. The number of halogens is 2. The minimum atomic E-state index is -4.03. The van der Waals surface area contributed by atoms with Crippen LogP contribution in [0.4, 0.5) is 8.78 Å². The molecule has 0 aromatic heterocycles. The molecule has 0 amide bonds. The summed E-state index contributed by atoms with van der Waals surface area (Å²) in [5, 5.41) is 0. The molecule has 0 bridgehead atoms. The third-order valence-electron chi connectivity index (χ3n) is 2.58. The van der Waals surface area contributed by atoms with Crippen LogP contribution < -0.4 is 4.72 Å². The number of hydrogen-bond acceptors (Lipinski definition) is 3. The average Bonchev–Trinajstić information content (AvgIpc) is 2.40. The lowest BCUT2D eigenvalue weighted by Crippen LogP contribution is -2.26. The Balaban J connectivity index is 2.44. The molecule has 1 rings (SSSR count). The van der Waals surface area contributed by atoms with Gasteiger partial charge < -0.3 is 4.74 Å². The largest absolute Gasteiger partial charge is 0.381 e. The fourth-order valence-corrected chi connectivity index (χ4v) is 2.65. The zero-order chi connectivity index (χ0) is 15.0. The van der Waals surface area contributed by atoms with Crippen LogP contribution in [0.5, 0.6) is 0 Å². The second-order valence-electron chi connectivity index (χ2n) is 4.29. The van der Waals surface area contributed by atoms with Crippen molar-refractivity contribution in [3.05, 3.63) is 29.8 Å². The first-order valence-corrected chi connectivity index (χ1v) is 7.98. The van der Waals surface area contributed by atoms with Gasteiger partial charge in [-0.1, -0.05) is 13.3 Å². The number of ether oxygens (including phenoxy) is 1. The van der Waals surface area contributed by atoms with Crippen molar-refractivity contribution in [2.45, 2.75) is 31.1 Å². The molecule has 0 saturated carbocycles. The van der Waals surface area contributed by atoms with Crippen molar-refractivity contribution >= 4 is 10.0 Å². The summed E-state index contributed by atoms with van der Waals surface area (Å²) in [4.78, 5) is -0.676. The number of unbranched alkanes of at least 4 members (excludes halogenated alkanes) is 1. The Kier molecular flexibility index (Phi) is 7.04. The highest BCUT2D eigenvalue weighted by molar-refractivity contribution is 7.89. The van der Waals surface area contributed by atoms with E-state index in [9.17, 15) is 17.2 Å². The van der Waals surface area contributed by atoms with Gasteiger partial charge in [-0.25, -0.2) is 21.9 Å². The predicted octanol–water partition coefficient (Wildman–Crippen LogP) is 2.45. The van der Waals surface area contributed by atoms with Crippen molar-refractivity contribution in [1.29, 1.82) is 0 Å². The van der Waals surface area contributed by atoms with Crippen LogP contribution in [0.3, 0.4) is 0 Å². The zero-order valence-corrected chi connectivity index (χ0v) is 12.2. The molecule has 1 aromatic carbocycles. The molecule has 0 atom stereocenters. The number of benzene rings is 1. The van der Waals surface area contributed by atoms with E-state index in [1.807, 2.05) is 6.92 Å². The standard InChI is InChI=1S/C13H19F2NO3S/c1-2-3-8-19-9-4-7-16-20(17,18)13-10-11(14)5-6-12(13)15/h5-6,10,16H,2-4,7-9H2,1H3. The van der Waals surface area contributed by atoms with Gasteiger partial charge in [0, 0.05) is 19.8 Å². The molecule has 1 aromatic rings. The maximum Gasteiger partial charge on any atom is 0.243 e. The molecule has 0 radical (unpaired) electrons. The van der Waals surface area contributed by atoms with Crippen LogP contribution in [0.15, 0.2) is 23.1 Å². The maximum atomic E-state index is 13.4. The number of nitrogens with one attached hydrogen (secondary N) is 1. The average molecular weight is 307 g/mol. The lowest BCUT2D eigenvalue weighted by atomic mass is 10.3. The Morgan fingerprint density at radius 3 is 2.60 bits per heavy atom. The molecule has 0 aliphatic rings. The number of sulfonamides is 1. The fraction of sp³-hybridized carbons (Fsp3) is 0.538. The van der Waals surface area contributed by atoms with Gasteiger partial charge in [-0.2, -0.15) is 0 Å². The van der Waals surface area contributed by atoms with Crippen molar-refractivity contribution in [3.8, 4) is 0 Å². The van der Waals surface area contributed by atoms with Crippen molar-refractivity contribution in [3.63, 3.8) is 0 Å². The van der Waals surface area contributed by atoms with Gasteiger partial charge in [-0.15, -0.1) is 0 Å². The monoisotopic (exact) mass is 307 g/mol. The van der Waals surface area contributed by atoms with Gasteiger partial charge in [-0.3, -0.25) is 0 Å². The SMILES string of the molecule is CCCCOCCCNS(=O)(=O)c1cc(F)ccc1F. The second-order valence-corrected chi connectivity index (χ2v) is 6.03. The molecule has 7 heteroatoms. The van der Waals surface area contributed by atoms with E-state index in [-0.39, 0.29) is 6.54 Å².